The van der Waals surface area contributed by atoms with Gasteiger partial charge >= 0.3 is 0 Å². The summed E-state index contributed by atoms with van der Waals surface area (Å²) in [5.41, 5.74) is 4.24. The molecule has 0 atom stereocenters. The first-order valence-corrected chi connectivity index (χ1v) is 8.42. The number of fused-ring (bicyclic) bond motifs is 3. The van der Waals surface area contributed by atoms with E-state index in [2.05, 4.69) is 60.8 Å². The van der Waals surface area contributed by atoms with Crippen LogP contribution >= 0.6 is 0 Å². The Morgan fingerprint density at radius 1 is 1.00 bits per heavy atom. The van der Waals surface area contributed by atoms with E-state index < -0.39 is 0 Å². The lowest BCUT2D eigenvalue weighted by molar-refractivity contribution is 1.15. The van der Waals surface area contributed by atoms with Crippen LogP contribution in [0.4, 0.5) is 5.95 Å². The molecule has 0 unspecified atom stereocenters. The van der Waals surface area contributed by atoms with Gasteiger partial charge in [0, 0.05) is 5.56 Å². The summed E-state index contributed by atoms with van der Waals surface area (Å²) in [5, 5.41) is 8.86. The average molecular weight is 354 g/mol. The molecule has 0 spiro atoms. The fourth-order valence-electron chi connectivity index (χ4n) is 3.24. The van der Waals surface area contributed by atoms with Gasteiger partial charge in [-0.15, -0.1) is 0 Å². The fraction of sp³-hybridized carbons (Fsp3) is 0. The minimum Gasteiger partial charge on any atom is -0.317 e. The SMILES string of the molecule is O=c1[nH]cnc2nc(N/N=C\c3c4ccccc4cc4ccccc34)[nH]c12. The second-order valence-corrected chi connectivity index (χ2v) is 6.12. The topological polar surface area (TPSA) is 98.8 Å². The van der Waals surface area contributed by atoms with Crippen LogP contribution in [0.15, 0.2) is 70.8 Å². The van der Waals surface area contributed by atoms with E-state index in [4.69, 9.17) is 0 Å². The van der Waals surface area contributed by atoms with Crippen molar-refractivity contribution in [3.8, 4) is 0 Å². The highest BCUT2D eigenvalue weighted by atomic mass is 16.1. The van der Waals surface area contributed by atoms with Crippen molar-refractivity contribution in [2.24, 2.45) is 5.10 Å². The molecule has 7 nitrogen and oxygen atoms in total. The molecule has 0 fully saturated rings. The molecule has 2 aromatic heterocycles. The van der Waals surface area contributed by atoms with Gasteiger partial charge in [-0.25, -0.2) is 10.4 Å². The van der Waals surface area contributed by atoms with Gasteiger partial charge in [-0.1, -0.05) is 48.5 Å². The van der Waals surface area contributed by atoms with Crippen molar-refractivity contribution in [1.29, 1.82) is 0 Å². The fourth-order valence-corrected chi connectivity index (χ4v) is 3.24. The van der Waals surface area contributed by atoms with Gasteiger partial charge in [0.1, 0.15) is 0 Å². The summed E-state index contributed by atoms with van der Waals surface area (Å²) < 4.78 is 0. The van der Waals surface area contributed by atoms with Crippen LogP contribution in [0.3, 0.4) is 0 Å². The Kier molecular flexibility index (Phi) is 3.43. The second-order valence-electron chi connectivity index (χ2n) is 6.12. The van der Waals surface area contributed by atoms with Crippen molar-refractivity contribution in [2.75, 3.05) is 5.43 Å². The van der Waals surface area contributed by atoms with E-state index in [1.807, 2.05) is 24.3 Å². The first-order valence-electron chi connectivity index (χ1n) is 8.42. The Hall–Kier alpha value is -4.00. The molecular weight excluding hydrogens is 340 g/mol. The molecule has 130 valence electrons. The predicted molar refractivity (Wildman–Crippen MR) is 107 cm³/mol. The van der Waals surface area contributed by atoms with Crippen LogP contribution in [0.25, 0.3) is 32.7 Å². The number of hydrogen-bond donors (Lipinski definition) is 3. The van der Waals surface area contributed by atoms with E-state index in [0.29, 0.717) is 17.1 Å². The number of nitrogens with zero attached hydrogens (tertiary/aromatic N) is 3. The summed E-state index contributed by atoms with van der Waals surface area (Å²) in [6, 6.07) is 18.6. The predicted octanol–water partition coefficient (Wildman–Crippen LogP) is 3.40. The molecule has 7 heteroatoms. The van der Waals surface area contributed by atoms with Crippen molar-refractivity contribution in [1.82, 2.24) is 19.9 Å². The van der Waals surface area contributed by atoms with E-state index in [1.54, 1.807) is 6.21 Å². The van der Waals surface area contributed by atoms with Crippen molar-refractivity contribution in [3.63, 3.8) is 0 Å². The zero-order chi connectivity index (χ0) is 18.2. The third-order valence-corrected chi connectivity index (χ3v) is 4.47. The third-order valence-electron chi connectivity index (χ3n) is 4.47. The van der Waals surface area contributed by atoms with Crippen molar-refractivity contribution >= 4 is 44.9 Å². The van der Waals surface area contributed by atoms with Crippen LogP contribution in [0, 0.1) is 0 Å². The summed E-state index contributed by atoms with van der Waals surface area (Å²) in [5.74, 6) is 0.356. The summed E-state index contributed by atoms with van der Waals surface area (Å²) in [6.45, 7) is 0. The van der Waals surface area contributed by atoms with Gasteiger partial charge in [-0.3, -0.25) is 4.79 Å². The molecule has 0 aliphatic carbocycles. The van der Waals surface area contributed by atoms with Crippen LogP contribution < -0.4 is 11.0 Å². The summed E-state index contributed by atoms with van der Waals surface area (Å²) in [4.78, 5) is 25.4. The molecule has 0 aliphatic rings. The van der Waals surface area contributed by atoms with Crippen LogP contribution in [0.5, 0.6) is 0 Å². The van der Waals surface area contributed by atoms with Gasteiger partial charge in [0.05, 0.1) is 12.5 Å². The number of hydrogen-bond acceptors (Lipinski definition) is 5. The van der Waals surface area contributed by atoms with Gasteiger partial charge < -0.3 is 9.97 Å². The van der Waals surface area contributed by atoms with Crippen LogP contribution in [0.1, 0.15) is 5.56 Å². The maximum absolute atomic E-state index is 11.7. The normalized spacial score (nSPS) is 11.7. The lowest BCUT2D eigenvalue weighted by atomic mass is 9.97. The quantitative estimate of drug-likeness (QED) is 0.263. The number of rotatable bonds is 3. The van der Waals surface area contributed by atoms with Gasteiger partial charge in [-0.2, -0.15) is 10.1 Å². The number of nitrogens with one attached hydrogen (secondary N) is 3. The van der Waals surface area contributed by atoms with E-state index in [1.165, 1.54) is 6.33 Å². The molecule has 5 rings (SSSR count). The third kappa shape index (κ3) is 2.62. The van der Waals surface area contributed by atoms with Crippen molar-refractivity contribution < 1.29 is 0 Å². The second kappa shape index (κ2) is 6.06. The maximum atomic E-state index is 11.7. The standard InChI is InChI=1S/C20H14N6O/c27-19-17-18(21-11-22-19)25-20(24-17)26-23-10-16-14-7-3-1-5-12(14)9-13-6-2-4-8-15(13)16/h1-11H,(H3,21,22,24,25,26,27)/b23-10-. The molecule has 0 radical (unpaired) electrons. The zero-order valence-corrected chi connectivity index (χ0v) is 14.1. The zero-order valence-electron chi connectivity index (χ0n) is 14.1. The number of anilines is 1. The average Bonchev–Trinajstić information content (AvgIpc) is 3.12. The smallest absolute Gasteiger partial charge is 0.276 e. The Morgan fingerprint density at radius 3 is 2.41 bits per heavy atom. The number of hydrazone groups is 1. The molecule has 0 saturated heterocycles. The molecule has 0 amide bonds. The highest BCUT2D eigenvalue weighted by Crippen LogP contribution is 2.27. The maximum Gasteiger partial charge on any atom is 0.276 e. The minimum atomic E-state index is -0.274. The molecule has 0 aliphatic heterocycles. The monoisotopic (exact) mass is 354 g/mol. The van der Waals surface area contributed by atoms with E-state index in [9.17, 15) is 4.79 Å². The lowest BCUT2D eigenvalue weighted by Gasteiger charge is -2.07. The lowest BCUT2D eigenvalue weighted by Crippen LogP contribution is -2.05. The Balaban J connectivity index is 1.58. The Morgan fingerprint density at radius 2 is 1.70 bits per heavy atom. The molecule has 3 aromatic carbocycles. The van der Waals surface area contributed by atoms with Crippen LogP contribution in [-0.2, 0) is 0 Å². The molecule has 0 bridgehead atoms. The summed E-state index contributed by atoms with van der Waals surface area (Å²) in [7, 11) is 0. The van der Waals surface area contributed by atoms with Gasteiger partial charge in [0.25, 0.3) is 5.56 Å². The number of imidazole rings is 1. The summed E-state index contributed by atoms with van der Waals surface area (Å²) >= 11 is 0. The molecule has 3 N–H and O–H groups in total. The number of aromatic amines is 2. The first-order chi connectivity index (χ1) is 13.3. The number of benzene rings is 3. The Bertz CT molecular complexity index is 1330. The Labute approximate surface area is 152 Å². The summed E-state index contributed by atoms with van der Waals surface area (Å²) in [6.07, 6.45) is 3.09. The molecule has 5 aromatic rings. The molecule has 2 heterocycles. The van der Waals surface area contributed by atoms with Gasteiger partial charge in [-0.05, 0) is 27.6 Å². The van der Waals surface area contributed by atoms with Gasteiger partial charge in [0.15, 0.2) is 11.2 Å². The van der Waals surface area contributed by atoms with Crippen molar-refractivity contribution in [3.05, 3.63) is 76.8 Å². The molecular formula is C20H14N6O. The first kappa shape index (κ1) is 15.3. The van der Waals surface area contributed by atoms with Gasteiger partial charge in [0.2, 0.25) is 5.95 Å². The van der Waals surface area contributed by atoms with E-state index >= 15 is 0 Å². The minimum absolute atomic E-state index is 0.274. The van der Waals surface area contributed by atoms with E-state index in [0.717, 1.165) is 27.1 Å². The molecule has 0 saturated carbocycles. The highest BCUT2D eigenvalue weighted by Gasteiger charge is 2.07. The van der Waals surface area contributed by atoms with E-state index in [-0.39, 0.29) is 5.56 Å². The van der Waals surface area contributed by atoms with Crippen molar-refractivity contribution in [2.45, 2.75) is 0 Å². The molecule has 27 heavy (non-hydrogen) atoms. The number of H-pyrrole nitrogens is 2. The number of aromatic nitrogens is 4. The largest absolute Gasteiger partial charge is 0.317 e. The highest BCUT2D eigenvalue weighted by molar-refractivity contribution is 6.13. The van der Waals surface area contributed by atoms with Crippen LogP contribution in [-0.4, -0.2) is 26.2 Å². The van der Waals surface area contributed by atoms with Crippen LogP contribution in [0.2, 0.25) is 0 Å².